The molecule has 0 aliphatic heterocycles. The Morgan fingerprint density at radius 2 is 1.45 bits per heavy atom. The minimum Gasteiger partial charge on any atom is -0.744 e. The fraction of sp³-hybridized carbons (Fsp3) is 0.143. The number of rotatable bonds is 7. The van der Waals surface area contributed by atoms with E-state index in [9.17, 15) is 13.0 Å². The Morgan fingerprint density at radius 3 is 2.06 bits per heavy atom. The van der Waals surface area contributed by atoms with Gasteiger partial charge in [-0.2, -0.15) is 20.5 Å². The number of hydrogen-bond acceptors (Lipinski definition) is 8. The Balaban J connectivity index is 0.00000341. The maximum atomic E-state index is 11.1. The van der Waals surface area contributed by atoms with Crippen LogP contribution in [0.2, 0.25) is 0 Å². The SMILES string of the molecule is CCOc1ccc(N=Nc2ccc(N=Nc3cccc(S(=O)(=O)[O-])c3)cc2C)cc1.[Na+]. The van der Waals surface area contributed by atoms with Crippen molar-refractivity contribution in [3.63, 3.8) is 0 Å². The average Bonchev–Trinajstić information content (AvgIpc) is 2.72. The van der Waals surface area contributed by atoms with Gasteiger partial charge in [0.05, 0.1) is 34.3 Å². The normalized spacial score (nSPS) is 11.6. The molecular weight excluding hydrogens is 427 g/mol. The average molecular weight is 446 g/mol. The quantitative estimate of drug-likeness (QED) is 0.315. The van der Waals surface area contributed by atoms with Gasteiger partial charge in [-0.3, -0.25) is 0 Å². The maximum Gasteiger partial charge on any atom is 1.00 e. The molecule has 10 heteroatoms. The van der Waals surface area contributed by atoms with Gasteiger partial charge in [-0.1, -0.05) is 6.07 Å². The van der Waals surface area contributed by atoms with Gasteiger partial charge in [0.1, 0.15) is 15.9 Å². The van der Waals surface area contributed by atoms with Crippen LogP contribution >= 0.6 is 0 Å². The van der Waals surface area contributed by atoms with Crippen molar-refractivity contribution in [3.05, 3.63) is 72.3 Å². The molecule has 0 radical (unpaired) electrons. The first kappa shape index (κ1) is 24.8. The summed E-state index contributed by atoms with van der Waals surface area (Å²) in [5.41, 5.74) is 3.06. The van der Waals surface area contributed by atoms with Crippen LogP contribution in [0.4, 0.5) is 22.7 Å². The molecule has 0 atom stereocenters. The molecule has 3 rings (SSSR count). The summed E-state index contributed by atoms with van der Waals surface area (Å²) in [5, 5.41) is 16.6. The van der Waals surface area contributed by atoms with Crippen molar-refractivity contribution in [2.24, 2.45) is 20.5 Å². The molecule has 0 spiro atoms. The second-order valence-electron chi connectivity index (χ2n) is 6.25. The molecule has 0 aliphatic rings. The van der Waals surface area contributed by atoms with Crippen LogP contribution in [-0.2, 0) is 10.1 Å². The first-order chi connectivity index (χ1) is 14.3. The number of ether oxygens (including phenoxy) is 1. The zero-order valence-electron chi connectivity index (χ0n) is 17.4. The third-order valence-electron chi connectivity index (χ3n) is 3.99. The van der Waals surface area contributed by atoms with E-state index in [0.717, 1.165) is 11.3 Å². The fourth-order valence-corrected chi connectivity index (χ4v) is 3.03. The van der Waals surface area contributed by atoms with Gasteiger partial charge in [0.25, 0.3) is 0 Å². The minimum absolute atomic E-state index is 0. The number of nitrogens with zero attached hydrogens (tertiary/aromatic N) is 4. The number of benzene rings is 3. The summed E-state index contributed by atoms with van der Waals surface area (Å²) in [4.78, 5) is -0.347. The van der Waals surface area contributed by atoms with E-state index >= 15 is 0 Å². The largest absolute Gasteiger partial charge is 1.00 e. The van der Waals surface area contributed by atoms with Crippen molar-refractivity contribution in [2.45, 2.75) is 18.7 Å². The van der Waals surface area contributed by atoms with E-state index in [0.29, 0.717) is 23.7 Å². The van der Waals surface area contributed by atoms with Crippen molar-refractivity contribution in [1.82, 2.24) is 0 Å². The van der Waals surface area contributed by atoms with Gasteiger partial charge in [0, 0.05) is 0 Å². The molecule has 0 bridgehead atoms. The van der Waals surface area contributed by atoms with Crippen LogP contribution in [0.15, 0.2) is 92.1 Å². The second kappa shape index (κ2) is 11.3. The maximum absolute atomic E-state index is 11.1. The summed E-state index contributed by atoms with van der Waals surface area (Å²) in [6.45, 7) is 4.40. The molecule has 0 saturated carbocycles. The topological polar surface area (TPSA) is 116 Å². The van der Waals surface area contributed by atoms with Crippen LogP contribution in [0.25, 0.3) is 0 Å². The molecular formula is C21H19N4NaO4S. The molecule has 0 aromatic heterocycles. The van der Waals surface area contributed by atoms with Crippen LogP contribution in [0.3, 0.4) is 0 Å². The zero-order chi connectivity index (χ0) is 21.6. The van der Waals surface area contributed by atoms with Crippen LogP contribution in [-0.4, -0.2) is 19.6 Å². The van der Waals surface area contributed by atoms with Crippen LogP contribution < -0.4 is 34.3 Å². The van der Waals surface area contributed by atoms with Gasteiger partial charge in [-0.15, -0.1) is 0 Å². The van der Waals surface area contributed by atoms with E-state index in [2.05, 4.69) is 20.5 Å². The summed E-state index contributed by atoms with van der Waals surface area (Å²) in [5.74, 6) is 0.778. The van der Waals surface area contributed by atoms with Gasteiger partial charge in [0.15, 0.2) is 0 Å². The Kier molecular flexibility index (Phi) is 9.02. The predicted octanol–water partition coefficient (Wildman–Crippen LogP) is 3.13. The van der Waals surface area contributed by atoms with Gasteiger partial charge >= 0.3 is 29.6 Å². The third kappa shape index (κ3) is 7.34. The van der Waals surface area contributed by atoms with E-state index in [4.69, 9.17) is 4.74 Å². The Hall–Kier alpha value is -2.43. The van der Waals surface area contributed by atoms with E-state index in [1.54, 1.807) is 24.3 Å². The monoisotopic (exact) mass is 446 g/mol. The zero-order valence-corrected chi connectivity index (χ0v) is 20.2. The Bertz CT molecular complexity index is 1200. The van der Waals surface area contributed by atoms with Crippen molar-refractivity contribution in [2.75, 3.05) is 6.61 Å². The van der Waals surface area contributed by atoms with E-state index in [-0.39, 0.29) is 40.1 Å². The van der Waals surface area contributed by atoms with Crippen LogP contribution in [0.5, 0.6) is 5.75 Å². The molecule has 8 nitrogen and oxygen atoms in total. The van der Waals surface area contributed by atoms with Crippen LogP contribution in [0.1, 0.15) is 12.5 Å². The molecule has 0 saturated heterocycles. The molecule has 0 fully saturated rings. The van der Waals surface area contributed by atoms with E-state index in [1.165, 1.54) is 18.2 Å². The third-order valence-corrected chi connectivity index (χ3v) is 4.82. The second-order valence-corrected chi connectivity index (χ2v) is 7.63. The van der Waals surface area contributed by atoms with Crippen molar-refractivity contribution in [3.8, 4) is 5.75 Å². The molecule has 154 valence electrons. The van der Waals surface area contributed by atoms with Crippen molar-refractivity contribution in [1.29, 1.82) is 0 Å². The molecule has 0 N–H and O–H groups in total. The van der Waals surface area contributed by atoms with Crippen LogP contribution in [0, 0.1) is 6.92 Å². The summed E-state index contributed by atoms with van der Waals surface area (Å²) < 4.78 is 38.7. The molecule has 0 heterocycles. The molecule has 0 amide bonds. The molecule has 0 unspecified atom stereocenters. The molecule has 3 aromatic rings. The standard InChI is InChI=1S/C21H20N4O4S.Na/c1-3-29-19-10-7-16(8-11-19)22-25-21-12-9-18(13-15(21)2)24-23-17-5-4-6-20(14-17)30(26,27)28;/h4-14H,3H2,1-2H3,(H,26,27,28);/q;+1/p-1. The summed E-state index contributed by atoms with van der Waals surface area (Å²) in [6.07, 6.45) is 0. The smallest absolute Gasteiger partial charge is 0.744 e. The molecule has 31 heavy (non-hydrogen) atoms. The Morgan fingerprint density at radius 1 is 0.839 bits per heavy atom. The Labute approximate surface area is 203 Å². The number of azo groups is 2. The first-order valence-corrected chi connectivity index (χ1v) is 10.5. The minimum atomic E-state index is -4.54. The first-order valence-electron chi connectivity index (χ1n) is 9.08. The summed E-state index contributed by atoms with van der Waals surface area (Å²) >= 11 is 0. The molecule has 3 aromatic carbocycles. The predicted molar refractivity (Wildman–Crippen MR) is 112 cm³/mol. The fourth-order valence-electron chi connectivity index (χ4n) is 2.52. The summed E-state index contributed by atoms with van der Waals surface area (Å²) in [7, 11) is -4.54. The molecule has 0 aliphatic carbocycles. The number of aryl methyl sites for hydroxylation is 1. The van der Waals surface area contributed by atoms with Gasteiger partial charge in [0.2, 0.25) is 0 Å². The number of hydrogen-bond donors (Lipinski definition) is 0. The van der Waals surface area contributed by atoms with Gasteiger partial charge in [-0.25, -0.2) is 8.42 Å². The van der Waals surface area contributed by atoms with Gasteiger partial charge in [-0.05, 0) is 80.1 Å². The van der Waals surface area contributed by atoms with Crippen molar-refractivity contribution < 1.29 is 47.3 Å². The van der Waals surface area contributed by atoms with Gasteiger partial charge < -0.3 is 9.29 Å². The van der Waals surface area contributed by atoms with E-state index in [1.807, 2.05) is 38.1 Å². The summed E-state index contributed by atoms with van der Waals surface area (Å²) in [6, 6.07) is 18.0. The van der Waals surface area contributed by atoms with Crippen molar-refractivity contribution >= 4 is 32.9 Å². The van der Waals surface area contributed by atoms with E-state index < -0.39 is 10.1 Å².